The lowest BCUT2D eigenvalue weighted by Gasteiger charge is -2.11. The Kier molecular flexibility index (Phi) is 6.43. The molecular weight excluding hydrogens is 202 g/mol. The van der Waals surface area contributed by atoms with Crippen LogP contribution in [0.3, 0.4) is 0 Å². The number of anilines is 1. The van der Waals surface area contributed by atoms with Crippen LogP contribution in [0.15, 0.2) is 30.8 Å². The lowest BCUT2D eigenvalue weighted by atomic mass is 10.2. The van der Waals surface area contributed by atoms with E-state index in [9.17, 15) is 4.79 Å². The summed E-state index contributed by atoms with van der Waals surface area (Å²) in [6.07, 6.45) is 1.85. The van der Waals surface area contributed by atoms with Gasteiger partial charge in [0.1, 0.15) is 0 Å². The van der Waals surface area contributed by atoms with Gasteiger partial charge in [-0.2, -0.15) is 0 Å². The van der Waals surface area contributed by atoms with Crippen LogP contribution >= 0.6 is 0 Å². The average Bonchev–Trinajstić information content (AvgIpc) is 2.29. The molecule has 0 atom stereocenters. The largest absolute Gasteiger partial charge is 0.378 e. The molecule has 4 heteroatoms. The molecule has 0 unspecified atom stereocenters. The molecule has 1 aromatic rings. The zero-order valence-electron chi connectivity index (χ0n) is 10.0. The maximum absolute atomic E-state index is 9.48. The molecule has 88 valence electrons. The van der Waals surface area contributed by atoms with E-state index in [1.807, 2.05) is 20.2 Å². The third-order valence-electron chi connectivity index (χ3n) is 1.89. The number of carbonyl (C=O) groups excluding carboxylic acids is 1. The molecule has 0 aliphatic rings. The second-order valence-corrected chi connectivity index (χ2v) is 3.30. The smallest absolute Gasteiger partial charge is 0.311 e. The minimum Gasteiger partial charge on any atom is -0.378 e. The summed E-state index contributed by atoms with van der Waals surface area (Å²) in [5.74, 6) is 0. The summed E-state index contributed by atoms with van der Waals surface area (Å²) in [7, 11) is 5.54. The van der Waals surface area contributed by atoms with Gasteiger partial charge in [0.25, 0.3) is 0 Å². The van der Waals surface area contributed by atoms with Crippen molar-refractivity contribution < 1.29 is 4.79 Å². The van der Waals surface area contributed by atoms with Crippen molar-refractivity contribution in [2.45, 2.75) is 0 Å². The maximum Gasteiger partial charge on any atom is 0.311 e. The average molecular weight is 221 g/mol. The molecule has 0 aliphatic heterocycles. The van der Waals surface area contributed by atoms with Gasteiger partial charge in [0, 0.05) is 26.8 Å². The van der Waals surface area contributed by atoms with Crippen LogP contribution in [-0.4, -0.2) is 27.2 Å². The van der Waals surface area contributed by atoms with Crippen molar-refractivity contribution in [1.82, 2.24) is 5.32 Å². The van der Waals surface area contributed by atoms with E-state index in [0.29, 0.717) is 0 Å². The molecule has 0 heterocycles. The number of nitrogens with one attached hydrogen (secondary N) is 1. The van der Waals surface area contributed by atoms with Crippen molar-refractivity contribution >= 4 is 17.8 Å². The molecule has 0 saturated heterocycles. The van der Waals surface area contributed by atoms with Crippen LogP contribution in [0.25, 0.3) is 6.08 Å². The Hall–Kier alpha value is -1.97. The van der Waals surface area contributed by atoms with Crippen LogP contribution in [0.1, 0.15) is 5.56 Å². The van der Waals surface area contributed by atoms with E-state index in [4.69, 9.17) is 0 Å². The molecule has 1 rings (SSSR count). The zero-order chi connectivity index (χ0) is 12.6. The highest BCUT2D eigenvalue weighted by molar-refractivity contribution is 5.71. The van der Waals surface area contributed by atoms with E-state index >= 15 is 0 Å². The maximum atomic E-state index is 9.48. The Labute approximate surface area is 96.7 Å². The van der Waals surface area contributed by atoms with E-state index in [0.717, 1.165) is 5.56 Å². The Morgan fingerprint density at radius 2 is 1.81 bits per heavy atom. The number of amides is 2. The monoisotopic (exact) mass is 221 g/mol. The summed E-state index contributed by atoms with van der Waals surface area (Å²) in [4.78, 5) is 11.6. The number of hydrogen-bond donors (Lipinski definition) is 2. The van der Waals surface area contributed by atoms with Crippen molar-refractivity contribution in [2.24, 2.45) is 5.73 Å². The first-order valence-corrected chi connectivity index (χ1v) is 4.88. The predicted molar refractivity (Wildman–Crippen MR) is 69.5 cm³/mol. The number of hydrogen-bond acceptors (Lipinski definition) is 2. The molecule has 0 radical (unpaired) electrons. The number of nitrogens with zero attached hydrogens (tertiary/aromatic N) is 1. The summed E-state index contributed by atoms with van der Waals surface area (Å²) >= 11 is 0. The molecule has 3 N–H and O–H groups in total. The van der Waals surface area contributed by atoms with Crippen molar-refractivity contribution in [1.29, 1.82) is 0 Å². The third-order valence-corrected chi connectivity index (χ3v) is 1.89. The molecule has 0 spiro atoms. The first kappa shape index (κ1) is 14.0. The van der Waals surface area contributed by atoms with Crippen molar-refractivity contribution in [3.05, 3.63) is 36.4 Å². The number of rotatable bonds is 2. The Morgan fingerprint density at radius 1 is 1.38 bits per heavy atom. The molecule has 0 aliphatic carbocycles. The SMILES string of the molecule is C=Cc1ccc(N(C)C)cc1.CNC(N)=O. The van der Waals surface area contributed by atoms with Crippen LogP contribution in [0, 0.1) is 0 Å². The third kappa shape index (κ3) is 5.70. The van der Waals surface area contributed by atoms with Crippen LogP contribution < -0.4 is 16.0 Å². The van der Waals surface area contributed by atoms with E-state index < -0.39 is 6.03 Å². The zero-order valence-corrected chi connectivity index (χ0v) is 10.0. The topological polar surface area (TPSA) is 58.4 Å². The van der Waals surface area contributed by atoms with Gasteiger partial charge < -0.3 is 16.0 Å². The first-order chi connectivity index (χ1) is 7.51. The summed E-state index contributed by atoms with van der Waals surface area (Å²) in [5, 5.41) is 2.17. The van der Waals surface area contributed by atoms with Gasteiger partial charge >= 0.3 is 6.03 Å². The normalized spacial score (nSPS) is 8.44. The summed E-state index contributed by atoms with van der Waals surface area (Å²) < 4.78 is 0. The lowest BCUT2D eigenvalue weighted by molar-refractivity contribution is 0.251. The highest BCUT2D eigenvalue weighted by Gasteiger charge is 1.91. The predicted octanol–water partition coefficient (Wildman–Crippen LogP) is 1.68. The van der Waals surface area contributed by atoms with Gasteiger partial charge in [-0.05, 0) is 17.7 Å². The number of urea groups is 1. The van der Waals surface area contributed by atoms with Crippen molar-refractivity contribution in [3.63, 3.8) is 0 Å². The van der Waals surface area contributed by atoms with E-state index in [1.165, 1.54) is 12.7 Å². The van der Waals surface area contributed by atoms with E-state index in [1.54, 1.807) is 0 Å². The molecule has 0 saturated carbocycles. The van der Waals surface area contributed by atoms with Crippen molar-refractivity contribution in [3.8, 4) is 0 Å². The Bertz CT molecular complexity index is 331. The first-order valence-electron chi connectivity index (χ1n) is 4.88. The Morgan fingerprint density at radius 3 is 2.06 bits per heavy atom. The van der Waals surface area contributed by atoms with Crippen LogP contribution in [-0.2, 0) is 0 Å². The highest BCUT2D eigenvalue weighted by atomic mass is 16.2. The molecule has 1 aromatic carbocycles. The standard InChI is InChI=1S/C10H13N.C2H6N2O/c1-4-9-5-7-10(8-6-9)11(2)3;1-4-2(3)5/h4-8H,1H2,2-3H3;1H3,(H3,3,4,5). The van der Waals surface area contributed by atoms with Gasteiger partial charge in [0.05, 0.1) is 0 Å². The fraction of sp³-hybridized carbons (Fsp3) is 0.250. The minimum absolute atomic E-state index is 0.495. The lowest BCUT2D eigenvalue weighted by Crippen LogP contribution is -2.24. The van der Waals surface area contributed by atoms with Gasteiger partial charge in [-0.15, -0.1) is 0 Å². The molecule has 4 nitrogen and oxygen atoms in total. The fourth-order valence-corrected chi connectivity index (χ4v) is 0.909. The van der Waals surface area contributed by atoms with Crippen LogP contribution in [0.5, 0.6) is 0 Å². The van der Waals surface area contributed by atoms with Gasteiger partial charge in [-0.1, -0.05) is 24.8 Å². The summed E-state index contributed by atoms with van der Waals surface area (Å²) in [6.45, 7) is 3.69. The number of carbonyl (C=O) groups is 1. The number of primary amides is 1. The van der Waals surface area contributed by atoms with Crippen LogP contribution in [0.2, 0.25) is 0 Å². The summed E-state index contributed by atoms with van der Waals surface area (Å²) in [6, 6.07) is 7.78. The van der Waals surface area contributed by atoms with E-state index in [-0.39, 0.29) is 0 Å². The molecule has 0 bridgehead atoms. The number of benzene rings is 1. The number of nitrogens with two attached hydrogens (primary N) is 1. The molecule has 0 fully saturated rings. The minimum atomic E-state index is -0.495. The highest BCUT2D eigenvalue weighted by Crippen LogP contribution is 2.12. The molecule has 0 aromatic heterocycles. The van der Waals surface area contributed by atoms with Gasteiger partial charge in [0.2, 0.25) is 0 Å². The fourth-order valence-electron chi connectivity index (χ4n) is 0.909. The molecule has 2 amide bonds. The van der Waals surface area contributed by atoms with Gasteiger partial charge in [0.15, 0.2) is 0 Å². The Balaban J connectivity index is 0.000000385. The van der Waals surface area contributed by atoms with Gasteiger partial charge in [-0.25, -0.2) is 4.79 Å². The molecular formula is C12H19N3O. The van der Waals surface area contributed by atoms with E-state index in [2.05, 4.69) is 46.8 Å². The van der Waals surface area contributed by atoms with Crippen molar-refractivity contribution in [2.75, 3.05) is 26.0 Å². The van der Waals surface area contributed by atoms with Crippen LogP contribution in [0.4, 0.5) is 10.5 Å². The molecule has 16 heavy (non-hydrogen) atoms. The summed E-state index contributed by atoms with van der Waals surface area (Å²) in [5.41, 5.74) is 6.92. The van der Waals surface area contributed by atoms with Gasteiger partial charge in [-0.3, -0.25) is 0 Å². The second-order valence-electron chi connectivity index (χ2n) is 3.30. The quantitative estimate of drug-likeness (QED) is 0.798. The second kappa shape index (κ2) is 7.34.